The molecule has 0 aliphatic carbocycles. The molecule has 0 bridgehead atoms. The SMILES string of the molecule is CCCCCCCCCCOC(=O)c1ccccc1C(=O)OCCCCCCCCCC.CCCCCCCCCCOC(=O)c1ccccc1C(=O)OCCCCCCCCCC. The summed E-state index contributed by atoms with van der Waals surface area (Å²) in [6.45, 7) is 10.5. The molecule has 2 aromatic carbocycles. The van der Waals surface area contributed by atoms with E-state index in [0.29, 0.717) is 48.7 Å². The van der Waals surface area contributed by atoms with Crippen molar-refractivity contribution in [2.45, 2.75) is 233 Å². The Balaban J connectivity index is 0.000000640. The van der Waals surface area contributed by atoms with Crippen molar-refractivity contribution in [3.05, 3.63) is 70.8 Å². The zero-order chi connectivity index (χ0) is 46.6. The summed E-state index contributed by atoms with van der Waals surface area (Å²) >= 11 is 0. The summed E-state index contributed by atoms with van der Waals surface area (Å²) in [5.74, 6) is -1.75. The third-order valence-electron chi connectivity index (χ3n) is 11.7. The van der Waals surface area contributed by atoms with Gasteiger partial charge in [0.2, 0.25) is 0 Å². The van der Waals surface area contributed by atoms with Gasteiger partial charge in [0, 0.05) is 0 Å². The van der Waals surface area contributed by atoms with Gasteiger partial charge in [-0.3, -0.25) is 0 Å². The highest BCUT2D eigenvalue weighted by molar-refractivity contribution is 6.03. The van der Waals surface area contributed by atoms with Crippen molar-refractivity contribution in [3.8, 4) is 0 Å². The molecule has 0 saturated carbocycles. The number of benzene rings is 2. The van der Waals surface area contributed by atoms with E-state index in [2.05, 4.69) is 27.7 Å². The van der Waals surface area contributed by atoms with Crippen LogP contribution in [-0.4, -0.2) is 50.3 Å². The summed E-state index contributed by atoms with van der Waals surface area (Å²) in [7, 11) is 0. The highest BCUT2D eigenvalue weighted by atomic mass is 16.5. The molecule has 64 heavy (non-hydrogen) atoms. The second-order valence-corrected chi connectivity index (χ2v) is 17.5. The number of esters is 4. The summed E-state index contributed by atoms with van der Waals surface area (Å²) in [4.78, 5) is 49.9. The number of hydrogen-bond acceptors (Lipinski definition) is 8. The predicted molar refractivity (Wildman–Crippen MR) is 264 cm³/mol. The Bertz CT molecular complexity index is 1220. The second kappa shape index (κ2) is 43.2. The Morgan fingerprint density at radius 3 is 0.594 bits per heavy atom. The number of carbonyl (C=O) groups is 4. The first-order valence-electron chi connectivity index (χ1n) is 26.3. The zero-order valence-electron chi connectivity index (χ0n) is 41.3. The van der Waals surface area contributed by atoms with Gasteiger partial charge in [-0.1, -0.05) is 232 Å². The van der Waals surface area contributed by atoms with E-state index in [1.54, 1.807) is 48.5 Å². The second-order valence-electron chi connectivity index (χ2n) is 17.5. The summed E-state index contributed by atoms with van der Waals surface area (Å²) in [6.07, 6.45) is 38.3. The smallest absolute Gasteiger partial charge is 0.339 e. The minimum absolute atomic E-state index is 0.299. The first kappa shape index (κ1) is 58.3. The molecular weight excluding hydrogens is 801 g/mol. The average molecular weight is 893 g/mol. The van der Waals surface area contributed by atoms with E-state index in [-0.39, 0.29) is 0 Å². The molecule has 0 atom stereocenters. The molecule has 0 aliphatic rings. The van der Waals surface area contributed by atoms with Crippen molar-refractivity contribution in [3.63, 3.8) is 0 Å². The van der Waals surface area contributed by atoms with Crippen LogP contribution in [0.25, 0.3) is 0 Å². The van der Waals surface area contributed by atoms with Gasteiger partial charge in [0.1, 0.15) is 0 Å². The molecule has 0 aromatic heterocycles. The molecule has 0 aliphatic heterocycles. The lowest BCUT2D eigenvalue weighted by molar-refractivity contribution is 0.0450. The van der Waals surface area contributed by atoms with Crippen LogP contribution in [0.5, 0.6) is 0 Å². The average Bonchev–Trinajstić information content (AvgIpc) is 3.31. The van der Waals surface area contributed by atoms with Crippen molar-refractivity contribution in [1.82, 2.24) is 0 Å². The fourth-order valence-corrected chi connectivity index (χ4v) is 7.59. The fraction of sp³-hybridized carbons (Fsp3) is 0.714. The molecule has 2 rings (SSSR count). The van der Waals surface area contributed by atoms with Gasteiger partial charge in [0.05, 0.1) is 48.7 Å². The largest absolute Gasteiger partial charge is 0.462 e. The first-order valence-corrected chi connectivity index (χ1v) is 26.3. The van der Waals surface area contributed by atoms with Gasteiger partial charge in [0.25, 0.3) is 0 Å². The molecular formula is C56H92O8. The monoisotopic (exact) mass is 893 g/mol. The van der Waals surface area contributed by atoms with Gasteiger partial charge >= 0.3 is 23.9 Å². The quantitative estimate of drug-likeness (QED) is 0.0370. The van der Waals surface area contributed by atoms with Crippen LogP contribution in [0.1, 0.15) is 275 Å². The lowest BCUT2D eigenvalue weighted by atomic mass is 10.1. The maximum absolute atomic E-state index is 12.5. The molecule has 0 N–H and O–H groups in total. The Morgan fingerprint density at radius 1 is 0.266 bits per heavy atom. The Labute approximate surface area is 391 Å². The molecule has 8 heteroatoms. The maximum Gasteiger partial charge on any atom is 0.339 e. The molecule has 0 unspecified atom stereocenters. The van der Waals surface area contributed by atoms with E-state index < -0.39 is 23.9 Å². The van der Waals surface area contributed by atoms with Crippen LogP contribution < -0.4 is 0 Å². The van der Waals surface area contributed by atoms with E-state index in [9.17, 15) is 19.2 Å². The van der Waals surface area contributed by atoms with Crippen LogP contribution in [0.15, 0.2) is 48.5 Å². The summed E-state index contributed by atoms with van der Waals surface area (Å²) in [6, 6.07) is 13.6. The molecule has 8 nitrogen and oxygen atoms in total. The van der Waals surface area contributed by atoms with Gasteiger partial charge in [-0.25, -0.2) is 19.2 Å². The van der Waals surface area contributed by atoms with E-state index in [4.69, 9.17) is 18.9 Å². The zero-order valence-corrected chi connectivity index (χ0v) is 41.3. The van der Waals surface area contributed by atoms with Gasteiger partial charge < -0.3 is 18.9 Å². The van der Waals surface area contributed by atoms with Crippen LogP contribution in [0.4, 0.5) is 0 Å². The van der Waals surface area contributed by atoms with Gasteiger partial charge in [-0.2, -0.15) is 0 Å². The minimum Gasteiger partial charge on any atom is -0.462 e. The molecule has 0 heterocycles. The van der Waals surface area contributed by atoms with Crippen molar-refractivity contribution in [1.29, 1.82) is 0 Å². The van der Waals surface area contributed by atoms with Gasteiger partial charge in [-0.05, 0) is 49.9 Å². The predicted octanol–water partition coefficient (Wildman–Crippen LogP) is 16.6. The number of ether oxygens (including phenoxy) is 4. The Kier molecular flexibility index (Phi) is 39.4. The van der Waals surface area contributed by atoms with Gasteiger partial charge in [0.15, 0.2) is 0 Å². The Morgan fingerprint density at radius 2 is 0.422 bits per heavy atom. The lowest BCUT2D eigenvalue weighted by Crippen LogP contribution is -2.15. The number of unbranched alkanes of at least 4 members (excludes halogenated alkanes) is 28. The highest BCUT2D eigenvalue weighted by Crippen LogP contribution is 2.17. The first-order chi connectivity index (χ1) is 31.4. The van der Waals surface area contributed by atoms with Crippen LogP contribution >= 0.6 is 0 Å². The topological polar surface area (TPSA) is 105 Å². The van der Waals surface area contributed by atoms with Crippen LogP contribution in [-0.2, 0) is 18.9 Å². The van der Waals surface area contributed by atoms with Crippen molar-refractivity contribution in [2.75, 3.05) is 26.4 Å². The van der Waals surface area contributed by atoms with Crippen molar-refractivity contribution < 1.29 is 38.1 Å². The minimum atomic E-state index is -0.437. The molecule has 0 fully saturated rings. The van der Waals surface area contributed by atoms with E-state index >= 15 is 0 Å². The maximum atomic E-state index is 12.5. The summed E-state index contributed by atoms with van der Waals surface area (Å²) < 4.78 is 21.7. The molecule has 0 amide bonds. The summed E-state index contributed by atoms with van der Waals surface area (Å²) in [5.41, 5.74) is 1.20. The normalized spacial score (nSPS) is 10.8. The van der Waals surface area contributed by atoms with Crippen LogP contribution in [0, 0.1) is 0 Å². The number of hydrogen-bond donors (Lipinski definition) is 0. The third kappa shape index (κ3) is 31.2. The standard InChI is InChI=1S/2C28H46O4/c2*1-3-5-7-9-11-13-15-19-23-31-27(29)25-21-17-18-22-26(25)28(30)32-24-20-16-14-12-10-8-6-4-2/h2*17-18,21-22H,3-16,19-20,23-24H2,1-2H3. The van der Waals surface area contributed by atoms with Crippen molar-refractivity contribution in [2.24, 2.45) is 0 Å². The van der Waals surface area contributed by atoms with E-state index in [0.717, 1.165) is 51.4 Å². The molecule has 0 spiro atoms. The number of rotatable bonds is 40. The van der Waals surface area contributed by atoms with Gasteiger partial charge in [-0.15, -0.1) is 0 Å². The summed E-state index contributed by atoms with van der Waals surface area (Å²) in [5, 5.41) is 0. The molecule has 0 radical (unpaired) electrons. The Hall–Kier alpha value is -3.68. The number of carbonyl (C=O) groups excluding carboxylic acids is 4. The highest BCUT2D eigenvalue weighted by Gasteiger charge is 2.20. The van der Waals surface area contributed by atoms with Crippen LogP contribution in [0.2, 0.25) is 0 Å². The van der Waals surface area contributed by atoms with Crippen molar-refractivity contribution >= 4 is 23.9 Å². The molecule has 2 aromatic rings. The molecule has 0 saturated heterocycles. The fourth-order valence-electron chi connectivity index (χ4n) is 7.59. The third-order valence-corrected chi connectivity index (χ3v) is 11.7. The van der Waals surface area contributed by atoms with Crippen LogP contribution in [0.3, 0.4) is 0 Å². The van der Waals surface area contributed by atoms with E-state index in [1.165, 1.54) is 154 Å². The molecule has 364 valence electrons. The van der Waals surface area contributed by atoms with E-state index in [1.807, 2.05) is 0 Å². The lowest BCUT2D eigenvalue weighted by Gasteiger charge is -2.10.